The number of hydrogen-bond acceptors (Lipinski definition) is 1. The van der Waals surface area contributed by atoms with Crippen LogP contribution in [-0.4, -0.2) is 7.05 Å². The predicted octanol–water partition coefficient (Wildman–Crippen LogP) is 4.58. The van der Waals surface area contributed by atoms with Gasteiger partial charge in [0.2, 0.25) is 0 Å². The lowest BCUT2D eigenvalue weighted by Crippen LogP contribution is -2.18. The molecule has 1 atom stereocenters. The summed E-state index contributed by atoms with van der Waals surface area (Å²) in [4.78, 5) is 0. The highest BCUT2D eigenvalue weighted by Gasteiger charge is 2.18. The molecule has 2 aromatic carbocycles. The number of nitrogens with one attached hydrogen (secondary N) is 1. The van der Waals surface area contributed by atoms with Crippen molar-refractivity contribution in [3.8, 4) is 0 Å². The summed E-state index contributed by atoms with van der Waals surface area (Å²) < 4.78 is 26.5. The quantitative estimate of drug-likeness (QED) is 0.818. The van der Waals surface area contributed by atoms with E-state index in [-0.39, 0.29) is 11.1 Å². The van der Waals surface area contributed by atoms with Gasteiger partial charge in [-0.25, -0.2) is 8.78 Å². The fraction of sp³-hybridized carbons (Fsp3) is 0.143. The molecule has 0 bridgehead atoms. The van der Waals surface area contributed by atoms with Crippen LogP contribution in [0, 0.1) is 11.6 Å². The lowest BCUT2D eigenvalue weighted by atomic mass is 9.98. The van der Waals surface area contributed by atoms with Crippen molar-refractivity contribution in [3.05, 3.63) is 69.2 Å². The monoisotopic (exact) mass is 301 g/mol. The molecule has 0 aromatic heterocycles. The van der Waals surface area contributed by atoms with E-state index < -0.39 is 11.6 Å². The van der Waals surface area contributed by atoms with Crippen LogP contribution in [0.4, 0.5) is 8.78 Å². The third kappa shape index (κ3) is 3.06. The molecule has 1 nitrogen and oxygen atoms in total. The summed E-state index contributed by atoms with van der Waals surface area (Å²) in [6.45, 7) is 0. The number of hydrogen-bond donors (Lipinski definition) is 1. The van der Waals surface area contributed by atoms with Gasteiger partial charge < -0.3 is 5.32 Å². The van der Waals surface area contributed by atoms with Gasteiger partial charge in [0.15, 0.2) is 11.6 Å². The molecule has 2 aromatic rings. The minimum atomic E-state index is -0.963. The SMILES string of the molecule is CNC(c1cccc(Cl)c1)c1cc(F)c(F)cc1Cl. The van der Waals surface area contributed by atoms with E-state index in [1.165, 1.54) is 0 Å². The molecule has 0 heterocycles. The minimum Gasteiger partial charge on any atom is -0.309 e. The Morgan fingerprint density at radius 3 is 2.37 bits per heavy atom. The lowest BCUT2D eigenvalue weighted by molar-refractivity contribution is 0.505. The molecule has 0 fully saturated rings. The van der Waals surface area contributed by atoms with Crippen molar-refractivity contribution in [2.24, 2.45) is 0 Å². The Morgan fingerprint density at radius 1 is 1.05 bits per heavy atom. The Morgan fingerprint density at radius 2 is 1.74 bits per heavy atom. The van der Waals surface area contributed by atoms with Crippen LogP contribution in [0.2, 0.25) is 10.0 Å². The van der Waals surface area contributed by atoms with Crippen LogP contribution in [-0.2, 0) is 0 Å². The van der Waals surface area contributed by atoms with Crippen LogP contribution in [0.15, 0.2) is 36.4 Å². The summed E-state index contributed by atoms with van der Waals surface area (Å²) in [6.07, 6.45) is 0. The number of halogens is 4. The second-order valence-corrected chi connectivity index (χ2v) is 4.91. The zero-order valence-electron chi connectivity index (χ0n) is 10.1. The molecule has 0 aliphatic heterocycles. The van der Waals surface area contributed by atoms with Gasteiger partial charge in [-0.2, -0.15) is 0 Å². The van der Waals surface area contributed by atoms with Gasteiger partial charge in [0.05, 0.1) is 6.04 Å². The Bertz CT molecular complexity index is 602. The van der Waals surface area contributed by atoms with Gasteiger partial charge in [-0.15, -0.1) is 0 Å². The van der Waals surface area contributed by atoms with Crippen LogP contribution in [0.3, 0.4) is 0 Å². The van der Waals surface area contributed by atoms with Crippen molar-refractivity contribution in [1.29, 1.82) is 0 Å². The van der Waals surface area contributed by atoms with Gasteiger partial charge in [0.25, 0.3) is 0 Å². The first-order valence-corrected chi connectivity index (χ1v) is 6.35. The van der Waals surface area contributed by atoms with Crippen molar-refractivity contribution < 1.29 is 8.78 Å². The average Bonchev–Trinajstić information content (AvgIpc) is 2.36. The van der Waals surface area contributed by atoms with E-state index in [2.05, 4.69) is 5.32 Å². The van der Waals surface area contributed by atoms with Crippen LogP contribution in [0.1, 0.15) is 17.2 Å². The molecule has 100 valence electrons. The van der Waals surface area contributed by atoms with Crippen LogP contribution in [0.5, 0.6) is 0 Å². The fourth-order valence-corrected chi connectivity index (χ4v) is 2.41. The molecule has 0 spiro atoms. The van der Waals surface area contributed by atoms with E-state index in [0.717, 1.165) is 17.7 Å². The van der Waals surface area contributed by atoms with E-state index in [1.54, 1.807) is 25.2 Å². The van der Waals surface area contributed by atoms with Crippen molar-refractivity contribution >= 4 is 23.2 Å². The molecule has 1 unspecified atom stereocenters. The highest BCUT2D eigenvalue weighted by molar-refractivity contribution is 6.31. The van der Waals surface area contributed by atoms with E-state index in [1.807, 2.05) is 6.07 Å². The first-order chi connectivity index (χ1) is 9.02. The second kappa shape index (κ2) is 5.87. The molecule has 0 saturated carbocycles. The van der Waals surface area contributed by atoms with Gasteiger partial charge in [0, 0.05) is 10.0 Å². The maximum Gasteiger partial charge on any atom is 0.160 e. The smallest absolute Gasteiger partial charge is 0.160 e. The van der Waals surface area contributed by atoms with Crippen molar-refractivity contribution in [2.45, 2.75) is 6.04 Å². The van der Waals surface area contributed by atoms with Gasteiger partial charge in [-0.1, -0.05) is 35.3 Å². The summed E-state index contributed by atoms with van der Waals surface area (Å²) in [6, 6.07) is 8.83. The van der Waals surface area contributed by atoms with E-state index >= 15 is 0 Å². The van der Waals surface area contributed by atoms with Gasteiger partial charge in [-0.05, 0) is 42.4 Å². The number of rotatable bonds is 3. The first kappa shape index (κ1) is 14.3. The second-order valence-electron chi connectivity index (χ2n) is 4.06. The highest BCUT2D eigenvalue weighted by atomic mass is 35.5. The predicted molar refractivity (Wildman–Crippen MR) is 73.7 cm³/mol. The Balaban J connectivity index is 2.51. The molecule has 1 N–H and O–H groups in total. The average molecular weight is 302 g/mol. The Kier molecular flexibility index (Phi) is 4.40. The van der Waals surface area contributed by atoms with Crippen LogP contribution in [0.25, 0.3) is 0 Å². The molecule has 2 rings (SSSR count). The third-order valence-corrected chi connectivity index (χ3v) is 3.38. The summed E-state index contributed by atoms with van der Waals surface area (Å²) in [5.74, 6) is -1.89. The zero-order chi connectivity index (χ0) is 14.0. The normalized spacial score (nSPS) is 12.5. The summed E-state index contributed by atoms with van der Waals surface area (Å²) in [5.41, 5.74) is 1.29. The molecular weight excluding hydrogens is 291 g/mol. The molecule has 19 heavy (non-hydrogen) atoms. The maximum atomic E-state index is 13.4. The molecule has 0 radical (unpaired) electrons. The molecule has 0 aliphatic rings. The van der Waals surface area contributed by atoms with E-state index in [0.29, 0.717) is 10.6 Å². The molecule has 0 amide bonds. The molecule has 5 heteroatoms. The van der Waals surface area contributed by atoms with E-state index in [9.17, 15) is 8.78 Å². The Labute approximate surface area is 120 Å². The van der Waals surface area contributed by atoms with Gasteiger partial charge >= 0.3 is 0 Å². The first-order valence-electron chi connectivity index (χ1n) is 5.60. The van der Waals surface area contributed by atoms with Gasteiger partial charge in [-0.3, -0.25) is 0 Å². The van der Waals surface area contributed by atoms with E-state index in [4.69, 9.17) is 23.2 Å². The van der Waals surface area contributed by atoms with Crippen molar-refractivity contribution in [2.75, 3.05) is 7.05 Å². The third-order valence-electron chi connectivity index (χ3n) is 2.82. The zero-order valence-corrected chi connectivity index (χ0v) is 11.6. The van der Waals surface area contributed by atoms with Crippen molar-refractivity contribution in [1.82, 2.24) is 5.32 Å². The van der Waals surface area contributed by atoms with Gasteiger partial charge in [0.1, 0.15) is 0 Å². The fourth-order valence-electron chi connectivity index (χ4n) is 1.95. The highest BCUT2D eigenvalue weighted by Crippen LogP contribution is 2.30. The molecular formula is C14H11Cl2F2N. The lowest BCUT2D eigenvalue weighted by Gasteiger charge is -2.19. The molecule has 0 aliphatic carbocycles. The maximum absolute atomic E-state index is 13.4. The summed E-state index contributed by atoms with van der Waals surface area (Å²) in [7, 11) is 1.71. The minimum absolute atomic E-state index is 0.165. The molecule has 0 saturated heterocycles. The largest absolute Gasteiger partial charge is 0.309 e. The Hall–Kier alpha value is -1.16. The topological polar surface area (TPSA) is 12.0 Å². The van der Waals surface area contributed by atoms with Crippen molar-refractivity contribution in [3.63, 3.8) is 0 Å². The standard InChI is InChI=1S/C14H11Cl2F2N/c1-19-14(8-3-2-4-9(15)5-8)10-6-12(17)13(18)7-11(10)16/h2-7,14,19H,1H3. The van der Waals surface area contributed by atoms with Crippen LogP contribution < -0.4 is 5.32 Å². The summed E-state index contributed by atoms with van der Waals surface area (Å²) in [5, 5.41) is 3.75. The summed E-state index contributed by atoms with van der Waals surface area (Å²) >= 11 is 11.9. The van der Waals surface area contributed by atoms with Crippen LogP contribution >= 0.6 is 23.2 Å². The number of benzene rings is 2.